The molecule has 4 nitrogen and oxygen atoms in total. The lowest BCUT2D eigenvalue weighted by atomic mass is 9.97. The van der Waals surface area contributed by atoms with Gasteiger partial charge in [-0.25, -0.2) is 0 Å². The average Bonchev–Trinajstić information content (AvgIpc) is 2.47. The number of nitrogens with two attached hydrogens (primary N) is 1. The highest BCUT2D eigenvalue weighted by atomic mass is 35.5. The summed E-state index contributed by atoms with van der Waals surface area (Å²) in [5.41, 5.74) is 6.29. The Morgan fingerprint density at radius 2 is 2.09 bits per heavy atom. The van der Waals surface area contributed by atoms with E-state index in [0.29, 0.717) is 29.0 Å². The van der Waals surface area contributed by atoms with E-state index < -0.39 is 5.97 Å². The van der Waals surface area contributed by atoms with Crippen LogP contribution in [-0.4, -0.2) is 23.7 Å². The van der Waals surface area contributed by atoms with E-state index in [9.17, 15) is 4.79 Å². The Labute approximate surface area is 136 Å². The number of carboxylic acids is 1. The maximum Gasteiger partial charge on any atom is 0.307 e. The van der Waals surface area contributed by atoms with Crippen LogP contribution in [0.3, 0.4) is 0 Å². The molecule has 122 valence electrons. The molecule has 1 fully saturated rings. The molecule has 1 aromatic rings. The van der Waals surface area contributed by atoms with E-state index in [1.807, 2.05) is 0 Å². The second-order valence-corrected chi connectivity index (χ2v) is 5.74. The van der Waals surface area contributed by atoms with E-state index in [2.05, 4.69) is 6.58 Å². The third-order valence-corrected chi connectivity index (χ3v) is 3.65. The first kappa shape index (κ1) is 18.5. The van der Waals surface area contributed by atoms with E-state index >= 15 is 0 Å². The van der Waals surface area contributed by atoms with Crippen molar-refractivity contribution in [2.45, 2.75) is 44.6 Å². The fourth-order valence-electron chi connectivity index (χ4n) is 2.23. The molecule has 2 rings (SSSR count). The van der Waals surface area contributed by atoms with E-state index in [1.165, 1.54) is 32.1 Å². The Balaban J connectivity index is 0.000000287. The molecule has 0 unspecified atom stereocenters. The number of rotatable bonds is 5. The monoisotopic (exact) mass is 325 g/mol. The zero-order valence-electron chi connectivity index (χ0n) is 12.8. The summed E-state index contributed by atoms with van der Waals surface area (Å²) >= 11 is 5.90. The number of benzene rings is 1. The SMILES string of the molecule is C=CCOc1ccc(CC(=O)O)cc1Cl.NC1CCCCC1. The minimum absolute atomic E-state index is 0.0402. The molecule has 0 amide bonds. The van der Waals surface area contributed by atoms with Crippen LogP contribution in [0.5, 0.6) is 5.75 Å². The van der Waals surface area contributed by atoms with Gasteiger partial charge in [0.2, 0.25) is 0 Å². The number of ether oxygens (including phenoxy) is 1. The lowest BCUT2D eigenvalue weighted by Gasteiger charge is -2.15. The summed E-state index contributed by atoms with van der Waals surface area (Å²) in [7, 11) is 0. The van der Waals surface area contributed by atoms with Crippen molar-refractivity contribution in [1.82, 2.24) is 0 Å². The molecule has 0 aromatic heterocycles. The summed E-state index contributed by atoms with van der Waals surface area (Å²) in [6.45, 7) is 3.89. The van der Waals surface area contributed by atoms with Gasteiger partial charge in [-0.15, -0.1) is 0 Å². The van der Waals surface area contributed by atoms with Crippen LogP contribution in [0.1, 0.15) is 37.7 Å². The molecule has 22 heavy (non-hydrogen) atoms. The maximum absolute atomic E-state index is 10.4. The molecule has 0 spiro atoms. The topological polar surface area (TPSA) is 72.5 Å². The summed E-state index contributed by atoms with van der Waals surface area (Å²) in [5.74, 6) is -0.350. The summed E-state index contributed by atoms with van der Waals surface area (Å²) in [6, 6.07) is 5.46. The molecule has 3 N–H and O–H groups in total. The standard InChI is InChI=1S/C11H11ClO3.C6H13N/c1-2-5-15-10-4-3-8(6-9(10)12)7-11(13)14;7-6-4-2-1-3-5-6/h2-4,6H,1,5,7H2,(H,13,14);6H,1-5,7H2. The molecule has 1 aliphatic rings. The minimum atomic E-state index is -0.883. The van der Waals surface area contributed by atoms with E-state index in [4.69, 9.17) is 27.2 Å². The molecule has 0 radical (unpaired) electrons. The Morgan fingerprint density at radius 3 is 2.55 bits per heavy atom. The van der Waals surface area contributed by atoms with Crippen LogP contribution in [0.25, 0.3) is 0 Å². The number of carboxylic acid groups (broad SMARTS) is 1. The van der Waals surface area contributed by atoms with Crippen molar-refractivity contribution in [3.05, 3.63) is 41.4 Å². The van der Waals surface area contributed by atoms with Crippen LogP contribution < -0.4 is 10.5 Å². The van der Waals surface area contributed by atoms with Crippen molar-refractivity contribution in [2.24, 2.45) is 5.73 Å². The van der Waals surface area contributed by atoms with Crippen LogP contribution in [-0.2, 0) is 11.2 Å². The first-order chi connectivity index (χ1) is 10.5. The van der Waals surface area contributed by atoms with Crippen LogP contribution in [0.15, 0.2) is 30.9 Å². The quantitative estimate of drug-likeness (QED) is 0.807. The molecule has 0 heterocycles. The fourth-order valence-corrected chi connectivity index (χ4v) is 2.49. The smallest absolute Gasteiger partial charge is 0.307 e. The first-order valence-corrected chi connectivity index (χ1v) is 7.90. The van der Waals surface area contributed by atoms with Gasteiger partial charge < -0.3 is 15.6 Å². The van der Waals surface area contributed by atoms with Gasteiger partial charge in [-0.05, 0) is 30.5 Å². The second kappa shape index (κ2) is 10.2. The summed E-state index contributed by atoms with van der Waals surface area (Å²) in [4.78, 5) is 10.4. The molecule has 0 bridgehead atoms. The van der Waals surface area contributed by atoms with Gasteiger partial charge >= 0.3 is 5.97 Å². The molecule has 1 aliphatic carbocycles. The Bertz CT molecular complexity index is 485. The van der Waals surface area contributed by atoms with Crippen LogP contribution in [0.4, 0.5) is 0 Å². The lowest BCUT2D eigenvalue weighted by Crippen LogP contribution is -2.22. The van der Waals surface area contributed by atoms with Crippen molar-refractivity contribution in [3.63, 3.8) is 0 Å². The van der Waals surface area contributed by atoms with Crippen LogP contribution >= 0.6 is 11.6 Å². The van der Waals surface area contributed by atoms with Gasteiger partial charge in [0.1, 0.15) is 12.4 Å². The first-order valence-electron chi connectivity index (χ1n) is 7.52. The van der Waals surface area contributed by atoms with E-state index in [-0.39, 0.29) is 6.42 Å². The normalized spacial score (nSPS) is 14.6. The Hall–Kier alpha value is -1.52. The second-order valence-electron chi connectivity index (χ2n) is 5.33. The summed E-state index contributed by atoms with van der Waals surface area (Å²) in [6.07, 6.45) is 8.24. The number of aliphatic carboxylic acids is 1. The Morgan fingerprint density at radius 1 is 1.41 bits per heavy atom. The van der Waals surface area contributed by atoms with E-state index in [0.717, 1.165) is 0 Å². The van der Waals surface area contributed by atoms with Crippen molar-refractivity contribution < 1.29 is 14.6 Å². The molecule has 0 saturated heterocycles. The largest absolute Gasteiger partial charge is 0.488 e. The number of carbonyl (C=O) groups is 1. The van der Waals surface area contributed by atoms with Gasteiger partial charge in [0, 0.05) is 6.04 Å². The zero-order valence-corrected chi connectivity index (χ0v) is 13.5. The third-order valence-electron chi connectivity index (χ3n) is 3.36. The predicted octanol–water partition coefficient (Wildman–Crippen LogP) is 3.81. The van der Waals surface area contributed by atoms with Crippen molar-refractivity contribution in [2.75, 3.05) is 6.61 Å². The highest BCUT2D eigenvalue weighted by Crippen LogP contribution is 2.25. The third kappa shape index (κ3) is 7.48. The maximum atomic E-state index is 10.4. The lowest BCUT2D eigenvalue weighted by molar-refractivity contribution is -0.136. The zero-order chi connectivity index (χ0) is 16.4. The minimum Gasteiger partial charge on any atom is -0.488 e. The molecule has 1 saturated carbocycles. The van der Waals surface area contributed by atoms with E-state index in [1.54, 1.807) is 24.3 Å². The highest BCUT2D eigenvalue weighted by Gasteiger charge is 2.06. The van der Waals surface area contributed by atoms with Gasteiger partial charge in [0.25, 0.3) is 0 Å². The van der Waals surface area contributed by atoms with Gasteiger partial charge in [0.15, 0.2) is 0 Å². The fraction of sp³-hybridized carbons (Fsp3) is 0.471. The van der Waals surface area contributed by atoms with Crippen molar-refractivity contribution in [1.29, 1.82) is 0 Å². The van der Waals surface area contributed by atoms with Gasteiger partial charge in [0.05, 0.1) is 11.4 Å². The number of hydrogen-bond acceptors (Lipinski definition) is 3. The predicted molar refractivity (Wildman–Crippen MR) is 89.5 cm³/mol. The molecule has 5 heteroatoms. The number of hydrogen-bond donors (Lipinski definition) is 2. The molecule has 0 aliphatic heterocycles. The Kier molecular flexibility index (Phi) is 8.63. The van der Waals surface area contributed by atoms with Crippen LogP contribution in [0.2, 0.25) is 5.02 Å². The van der Waals surface area contributed by atoms with Gasteiger partial charge in [-0.1, -0.05) is 49.6 Å². The molecule has 1 aromatic carbocycles. The average molecular weight is 326 g/mol. The highest BCUT2D eigenvalue weighted by molar-refractivity contribution is 6.32. The summed E-state index contributed by atoms with van der Waals surface area (Å²) in [5, 5.41) is 8.99. The molecular formula is C17H24ClNO3. The molecule has 0 atom stereocenters. The van der Waals surface area contributed by atoms with Crippen molar-refractivity contribution in [3.8, 4) is 5.75 Å². The number of halogens is 1. The van der Waals surface area contributed by atoms with Crippen molar-refractivity contribution >= 4 is 17.6 Å². The van der Waals surface area contributed by atoms with Gasteiger partial charge in [-0.2, -0.15) is 0 Å². The van der Waals surface area contributed by atoms with Gasteiger partial charge in [-0.3, -0.25) is 4.79 Å². The summed E-state index contributed by atoms with van der Waals surface area (Å²) < 4.78 is 5.25. The molecular weight excluding hydrogens is 302 g/mol. The van der Waals surface area contributed by atoms with Crippen LogP contribution in [0, 0.1) is 0 Å².